The Balaban J connectivity index is 1.62. The van der Waals surface area contributed by atoms with Crippen LogP contribution in [0.2, 0.25) is 0 Å². The van der Waals surface area contributed by atoms with Gasteiger partial charge in [0.15, 0.2) is 5.82 Å². The first kappa shape index (κ1) is 15.3. The summed E-state index contributed by atoms with van der Waals surface area (Å²) < 4.78 is 5.26. The van der Waals surface area contributed by atoms with Gasteiger partial charge < -0.3 is 14.8 Å². The van der Waals surface area contributed by atoms with Crippen LogP contribution in [-0.2, 0) is 17.6 Å². The van der Waals surface area contributed by atoms with Gasteiger partial charge in [-0.05, 0) is 18.1 Å². The summed E-state index contributed by atoms with van der Waals surface area (Å²) in [5.41, 5.74) is 2.18. The molecule has 1 aromatic carbocycles. The molecule has 1 amide bonds. The van der Waals surface area contributed by atoms with E-state index >= 15 is 0 Å². The molecule has 0 atom stereocenters. The molecule has 0 aliphatic heterocycles. The van der Waals surface area contributed by atoms with E-state index in [1.807, 2.05) is 24.4 Å². The quantitative estimate of drug-likeness (QED) is 0.657. The monoisotopic (exact) mass is 312 g/mol. The van der Waals surface area contributed by atoms with Crippen molar-refractivity contribution < 1.29 is 9.32 Å². The van der Waals surface area contributed by atoms with Crippen LogP contribution >= 0.6 is 0 Å². The van der Waals surface area contributed by atoms with E-state index in [1.165, 1.54) is 0 Å². The van der Waals surface area contributed by atoms with Crippen molar-refractivity contribution in [2.45, 2.75) is 32.6 Å². The van der Waals surface area contributed by atoms with Crippen LogP contribution in [-0.4, -0.2) is 27.6 Å². The van der Waals surface area contributed by atoms with Gasteiger partial charge in [-0.1, -0.05) is 36.7 Å². The number of aromatic nitrogens is 3. The second-order valence-electron chi connectivity index (χ2n) is 5.52. The summed E-state index contributed by atoms with van der Waals surface area (Å²) in [6.07, 6.45) is 4.68. The molecule has 0 spiro atoms. The standard InChI is InChI=1S/C17H20N4O2/c1-2-3-8-18-16(22)10-15-20-17(23-21-15)9-12-11-19-14-7-5-4-6-13(12)14/h4-7,11,19H,2-3,8-10H2,1H3,(H,18,22). The van der Waals surface area contributed by atoms with Crippen molar-refractivity contribution in [1.29, 1.82) is 0 Å². The highest BCUT2D eigenvalue weighted by molar-refractivity contribution is 5.83. The number of rotatable bonds is 7. The van der Waals surface area contributed by atoms with Crippen LogP contribution in [0.1, 0.15) is 37.0 Å². The average Bonchev–Trinajstić information content (AvgIpc) is 3.16. The first-order valence-corrected chi connectivity index (χ1v) is 7.89. The van der Waals surface area contributed by atoms with Crippen molar-refractivity contribution >= 4 is 16.8 Å². The zero-order chi connectivity index (χ0) is 16.1. The molecule has 2 heterocycles. The number of para-hydroxylation sites is 1. The zero-order valence-electron chi connectivity index (χ0n) is 13.1. The number of nitrogens with one attached hydrogen (secondary N) is 2. The number of H-pyrrole nitrogens is 1. The summed E-state index contributed by atoms with van der Waals surface area (Å²) in [7, 11) is 0. The minimum absolute atomic E-state index is 0.0714. The van der Waals surface area contributed by atoms with Crippen LogP contribution in [0.15, 0.2) is 35.0 Å². The molecule has 0 bridgehead atoms. The topological polar surface area (TPSA) is 83.8 Å². The van der Waals surface area contributed by atoms with E-state index in [2.05, 4.69) is 33.4 Å². The largest absolute Gasteiger partial charge is 0.361 e. The fourth-order valence-corrected chi connectivity index (χ4v) is 2.49. The lowest BCUT2D eigenvalue weighted by molar-refractivity contribution is -0.120. The van der Waals surface area contributed by atoms with Gasteiger partial charge in [0.1, 0.15) is 0 Å². The van der Waals surface area contributed by atoms with Crippen LogP contribution in [0.25, 0.3) is 10.9 Å². The molecule has 0 saturated heterocycles. The highest BCUT2D eigenvalue weighted by atomic mass is 16.5. The number of fused-ring (bicyclic) bond motifs is 1. The highest BCUT2D eigenvalue weighted by Gasteiger charge is 2.12. The Morgan fingerprint density at radius 3 is 3.09 bits per heavy atom. The van der Waals surface area contributed by atoms with Crippen molar-refractivity contribution in [3.8, 4) is 0 Å². The molecule has 6 heteroatoms. The molecule has 0 aliphatic carbocycles. The van der Waals surface area contributed by atoms with Gasteiger partial charge in [-0.25, -0.2) is 0 Å². The number of benzene rings is 1. The van der Waals surface area contributed by atoms with Crippen molar-refractivity contribution in [2.75, 3.05) is 6.54 Å². The SMILES string of the molecule is CCCCNC(=O)Cc1noc(Cc2c[nH]c3ccccc23)n1. The molecule has 2 N–H and O–H groups in total. The smallest absolute Gasteiger partial charge is 0.231 e. The van der Waals surface area contributed by atoms with Gasteiger partial charge in [0.25, 0.3) is 0 Å². The Kier molecular flexibility index (Phi) is 4.71. The van der Waals surface area contributed by atoms with Crippen molar-refractivity contribution in [3.05, 3.63) is 47.7 Å². The van der Waals surface area contributed by atoms with Gasteiger partial charge in [-0.15, -0.1) is 0 Å². The summed E-state index contributed by atoms with van der Waals surface area (Å²) in [5, 5.41) is 7.88. The van der Waals surface area contributed by atoms with Crippen LogP contribution in [0.3, 0.4) is 0 Å². The zero-order valence-corrected chi connectivity index (χ0v) is 13.1. The predicted molar refractivity (Wildman–Crippen MR) is 87.0 cm³/mol. The fourth-order valence-electron chi connectivity index (χ4n) is 2.49. The molecule has 2 aromatic heterocycles. The Morgan fingerprint density at radius 2 is 2.22 bits per heavy atom. The number of nitrogens with zero attached hydrogens (tertiary/aromatic N) is 2. The maximum Gasteiger partial charge on any atom is 0.231 e. The average molecular weight is 312 g/mol. The van der Waals surface area contributed by atoms with Crippen molar-refractivity contribution in [2.24, 2.45) is 0 Å². The number of carbonyl (C=O) groups excluding carboxylic acids is 1. The van der Waals surface area contributed by atoms with E-state index in [1.54, 1.807) is 0 Å². The van der Waals surface area contributed by atoms with Crippen molar-refractivity contribution in [3.63, 3.8) is 0 Å². The maximum absolute atomic E-state index is 11.8. The molecular formula is C17H20N4O2. The lowest BCUT2D eigenvalue weighted by Gasteiger charge is -2.00. The third kappa shape index (κ3) is 3.77. The van der Waals surface area contributed by atoms with E-state index in [0.29, 0.717) is 24.7 Å². The first-order chi connectivity index (χ1) is 11.3. The fraction of sp³-hybridized carbons (Fsp3) is 0.353. The molecule has 3 aromatic rings. The summed E-state index contributed by atoms with van der Waals surface area (Å²) in [5.74, 6) is 0.873. The van der Waals surface area contributed by atoms with Gasteiger partial charge in [-0.2, -0.15) is 4.98 Å². The lowest BCUT2D eigenvalue weighted by Crippen LogP contribution is -2.26. The molecule has 3 rings (SSSR count). The molecule has 23 heavy (non-hydrogen) atoms. The maximum atomic E-state index is 11.8. The molecule has 0 aliphatic rings. The van der Waals surface area contributed by atoms with Crippen LogP contribution in [0, 0.1) is 0 Å². The van der Waals surface area contributed by atoms with E-state index in [-0.39, 0.29) is 12.3 Å². The minimum atomic E-state index is -0.0714. The third-order valence-corrected chi connectivity index (χ3v) is 3.70. The predicted octanol–water partition coefficient (Wildman–Crippen LogP) is 2.60. The van der Waals surface area contributed by atoms with Gasteiger partial charge >= 0.3 is 0 Å². The first-order valence-electron chi connectivity index (χ1n) is 7.89. The lowest BCUT2D eigenvalue weighted by atomic mass is 10.1. The molecule has 0 radical (unpaired) electrons. The Morgan fingerprint density at radius 1 is 1.35 bits per heavy atom. The number of carbonyl (C=O) groups is 1. The number of aromatic amines is 1. The van der Waals surface area contributed by atoms with Crippen LogP contribution in [0.4, 0.5) is 0 Å². The number of amides is 1. The van der Waals surface area contributed by atoms with Crippen molar-refractivity contribution in [1.82, 2.24) is 20.4 Å². The second kappa shape index (κ2) is 7.09. The highest BCUT2D eigenvalue weighted by Crippen LogP contribution is 2.20. The Hall–Kier alpha value is -2.63. The molecule has 0 saturated carbocycles. The van der Waals surface area contributed by atoms with Crippen LogP contribution < -0.4 is 5.32 Å². The van der Waals surface area contributed by atoms with Gasteiger partial charge in [0, 0.05) is 23.6 Å². The van der Waals surface area contributed by atoms with E-state index in [0.717, 1.165) is 29.3 Å². The van der Waals surface area contributed by atoms with E-state index < -0.39 is 0 Å². The Labute approximate surface area is 134 Å². The summed E-state index contributed by atoms with van der Waals surface area (Å²) in [6.45, 7) is 2.78. The minimum Gasteiger partial charge on any atom is -0.361 e. The molecule has 0 unspecified atom stereocenters. The third-order valence-electron chi connectivity index (χ3n) is 3.70. The summed E-state index contributed by atoms with van der Waals surface area (Å²) in [6, 6.07) is 8.07. The van der Waals surface area contributed by atoms with Crippen LogP contribution in [0.5, 0.6) is 0 Å². The normalized spacial score (nSPS) is 11.0. The molecule has 120 valence electrons. The summed E-state index contributed by atoms with van der Waals surface area (Å²) in [4.78, 5) is 19.3. The van der Waals surface area contributed by atoms with E-state index in [4.69, 9.17) is 4.52 Å². The molecule has 0 fully saturated rings. The number of hydrogen-bond donors (Lipinski definition) is 2. The van der Waals surface area contributed by atoms with Gasteiger partial charge in [0.05, 0.1) is 12.8 Å². The van der Waals surface area contributed by atoms with Gasteiger partial charge in [0.2, 0.25) is 11.8 Å². The number of hydrogen-bond acceptors (Lipinski definition) is 4. The second-order valence-corrected chi connectivity index (χ2v) is 5.52. The summed E-state index contributed by atoms with van der Waals surface area (Å²) >= 11 is 0. The molecular weight excluding hydrogens is 292 g/mol. The van der Waals surface area contributed by atoms with E-state index in [9.17, 15) is 4.79 Å². The number of unbranched alkanes of at least 4 members (excludes halogenated alkanes) is 1. The molecule has 6 nitrogen and oxygen atoms in total. The van der Waals surface area contributed by atoms with Gasteiger partial charge in [-0.3, -0.25) is 4.79 Å². The Bertz CT molecular complexity index is 791.